The second kappa shape index (κ2) is 6.15. The molecule has 0 radical (unpaired) electrons. The zero-order valence-electron chi connectivity index (χ0n) is 9.30. The van der Waals surface area contributed by atoms with Crippen LogP contribution in [0.15, 0.2) is 39.3 Å². The number of rotatable bonds is 2. The molecule has 0 amide bonds. The van der Waals surface area contributed by atoms with Crippen LogP contribution in [0, 0.1) is 15.2 Å². The Morgan fingerprint density at radius 1 is 1.05 bits per heavy atom. The largest absolute Gasteiger partial charge is 0.383 e. The third-order valence-corrected chi connectivity index (χ3v) is 4.61. The highest BCUT2D eigenvalue weighted by Crippen LogP contribution is 2.34. The molecule has 0 fully saturated rings. The van der Waals surface area contributed by atoms with E-state index < -0.39 is 17.7 Å². The maximum atomic E-state index is 14.0. The summed E-state index contributed by atoms with van der Waals surface area (Å²) in [5.74, 6) is -1.57. The molecule has 6 heteroatoms. The lowest BCUT2D eigenvalue weighted by Gasteiger charge is -2.16. The van der Waals surface area contributed by atoms with E-state index in [0.717, 1.165) is 9.64 Å². The van der Waals surface area contributed by atoms with Gasteiger partial charge in [0.15, 0.2) is 0 Å². The summed E-state index contributed by atoms with van der Waals surface area (Å²) in [5.41, 5.74) is 0.0554. The summed E-state index contributed by atoms with van der Waals surface area (Å²) < 4.78 is 29.3. The molecule has 0 aliphatic heterocycles. The number of hydrogen-bond acceptors (Lipinski definition) is 1. The van der Waals surface area contributed by atoms with Gasteiger partial charge in [-0.05, 0) is 68.9 Å². The fraction of sp³-hybridized carbons (Fsp3) is 0.0769. The Kier molecular flexibility index (Phi) is 4.97. The summed E-state index contributed by atoms with van der Waals surface area (Å²) >= 11 is 8.33. The van der Waals surface area contributed by atoms with Crippen LogP contribution in [0.1, 0.15) is 17.2 Å². The van der Waals surface area contributed by atoms with E-state index in [-0.39, 0.29) is 10.0 Å². The molecule has 0 aliphatic rings. The maximum Gasteiger partial charge on any atom is 0.146 e. The highest BCUT2D eigenvalue weighted by atomic mass is 127. The molecule has 0 saturated carbocycles. The summed E-state index contributed by atoms with van der Waals surface area (Å²) in [6.07, 6.45) is -1.37. The van der Waals surface area contributed by atoms with Crippen LogP contribution in [0.4, 0.5) is 8.78 Å². The predicted octanol–water partition coefficient (Wildman–Crippen LogP) is 5.18. The number of aliphatic hydroxyl groups is 1. The van der Waals surface area contributed by atoms with Gasteiger partial charge in [0.1, 0.15) is 17.7 Å². The smallest absolute Gasteiger partial charge is 0.146 e. The zero-order chi connectivity index (χ0) is 14.2. The Morgan fingerprint density at radius 3 is 2.37 bits per heavy atom. The number of aliphatic hydroxyl groups excluding tert-OH is 1. The first-order chi connectivity index (χ1) is 8.91. The van der Waals surface area contributed by atoms with Crippen molar-refractivity contribution >= 4 is 54.5 Å². The van der Waals surface area contributed by atoms with Crippen LogP contribution in [0.5, 0.6) is 0 Å². The molecule has 2 aromatic carbocycles. The molecule has 0 bridgehead atoms. The van der Waals surface area contributed by atoms with E-state index in [1.807, 2.05) is 6.07 Å². The summed E-state index contributed by atoms with van der Waals surface area (Å²) in [7, 11) is 0. The molecule has 0 aromatic heterocycles. The highest BCUT2D eigenvalue weighted by Gasteiger charge is 2.23. The van der Waals surface area contributed by atoms with Crippen molar-refractivity contribution < 1.29 is 13.9 Å². The molecule has 1 nitrogen and oxygen atoms in total. The topological polar surface area (TPSA) is 20.2 Å². The Balaban J connectivity index is 2.59. The van der Waals surface area contributed by atoms with E-state index in [1.54, 1.807) is 12.1 Å². The standard InChI is InChI=1S/C13H7Br2F2IO/c14-8-2-1-6(18)5-7(8)13(19)11-10(16)4-3-9(15)12(11)17/h1-5,13,19H. The molecule has 0 aliphatic carbocycles. The minimum Gasteiger partial charge on any atom is -0.383 e. The molecule has 19 heavy (non-hydrogen) atoms. The van der Waals surface area contributed by atoms with Crippen molar-refractivity contribution in [3.63, 3.8) is 0 Å². The Labute approximate surface area is 139 Å². The van der Waals surface area contributed by atoms with Gasteiger partial charge in [0.05, 0.1) is 10.0 Å². The quantitative estimate of drug-likeness (QED) is 0.442. The molecule has 2 rings (SSSR count). The van der Waals surface area contributed by atoms with Gasteiger partial charge >= 0.3 is 0 Å². The van der Waals surface area contributed by atoms with Crippen molar-refractivity contribution in [1.82, 2.24) is 0 Å². The van der Waals surface area contributed by atoms with Crippen molar-refractivity contribution in [3.8, 4) is 0 Å². The second-order valence-corrected chi connectivity index (χ2v) is 6.78. The number of hydrogen-bond donors (Lipinski definition) is 1. The summed E-state index contributed by atoms with van der Waals surface area (Å²) in [5, 5.41) is 10.2. The highest BCUT2D eigenvalue weighted by molar-refractivity contribution is 14.1. The van der Waals surface area contributed by atoms with E-state index in [4.69, 9.17) is 0 Å². The van der Waals surface area contributed by atoms with E-state index in [0.29, 0.717) is 10.0 Å². The molecule has 1 unspecified atom stereocenters. The van der Waals surface area contributed by atoms with E-state index in [2.05, 4.69) is 54.5 Å². The summed E-state index contributed by atoms with van der Waals surface area (Å²) in [6, 6.07) is 7.62. The first kappa shape index (κ1) is 15.3. The third-order valence-electron chi connectivity index (χ3n) is 2.61. The van der Waals surface area contributed by atoms with Gasteiger partial charge in [0, 0.05) is 13.6 Å². The first-order valence-electron chi connectivity index (χ1n) is 5.18. The second-order valence-electron chi connectivity index (χ2n) is 3.83. The lowest BCUT2D eigenvalue weighted by molar-refractivity contribution is 0.208. The minimum absolute atomic E-state index is 0.115. The Morgan fingerprint density at radius 2 is 1.68 bits per heavy atom. The molecule has 2 aromatic rings. The molecule has 100 valence electrons. The summed E-state index contributed by atoms with van der Waals surface area (Å²) in [4.78, 5) is 0. The minimum atomic E-state index is -1.37. The van der Waals surface area contributed by atoms with Crippen molar-refractivity contribution in [2.75, 3.05) is 0 Å². The lowest BCUT2D eigenvalue weighted by Crippen LogP contribution is -2.07. The lowest BCUT2D eigenvalue weighted by atomic mass is 10.0. The van der Waals surface area contributed by atoms with Crippen LogP contribution in [0.2, 0.25) is 0 Å². The Hall–Kier alpha value is -0.0500. The third kappa shape index (κ3) is 3.17. The van der Waals surface area contributed by atoms with Gasteiger partial charge in [-0.3, -0.25) is 0 Å². The fourth-order valence-electron chi connectivity index (χ4n) is 1.67. The Bertz CT molecular complexity index is 634. The van der Waals surface area contributed by atoms with Crippen LogP contribution in [0.3, 0.4) is 0 Å². The van der Waals surface area contributed by atoms with Gasteiger partial charge in [-0.1, -0.05) is 15.9 Å². The SMILES string of the molecule is OC(c1cc(I)ccc1Br)c1c(F)ccc(Br)c1F. The van der Waals surface area contributed by atoms with Crippen molar-refractivity contribution in [2.45, 2.75) is 6.10 Å². The van der Waals surface area contributed by atoms with Gasteiger partial charge in [0.25, 0.3) is 0 Å². The van der Waals surface area contributed by atoms with Gasteiger partial charge in [0.2, 0.25) is 0 Å². The molecule has 1 N–H and O–H groups in total. The molecular weight excluding hydrogens is 497 g/mol. The van der Waals surface area contributed by atoms with Crippen molar-refractivity contribution in [2.24, 2.45) is 0 Å². The molecule has 0 heterocycles. The van der Waals surface area contributed by atoms with E-state index in [1.165, 1.54) is 6.07 Å². The van der Waals surface area contributed by atoms with Crippen molar-refractivity contribution in [1.29, 1.82) is 0 Å². The van der Waals surface area contributed by atoms with Crippen molar-refractivity contribution in [3.05, 3.63) is 65.6 Å². The van der Waals surface area contributed by atoms with Crippen LogP contribution in [0.25, 0.3) is 0 Å². The van der Waals surface area contributed by atoms with Crippen LogP contribution in [-0.2, 0) is 0 Å². The van der Waals surface area contributed by atoms with Crippen LogP contribution >= 0.6 is 54.5 Å². The fourth-order valence-corrected chi connectivity index (χ4v) is 3.00. The molecule has 0 spiro atoms. The number of halogens is 5. The van der Waals surface area contributed by atoms with E-state index in [9.17, 15) is 13.9 Å². The van der Waals surface area contributed by atoms with Gasteiger partial charge in [-0.15, -0.1) is 0 Å². The molecular formula is C13H7Br2F2IO. The van der Waals surface area contributed by atoms with E-state index >= 15 is 0 Å². The van der Waals surface area contributed by atoms with Crippen LogP contribution < -0.4 is 0 Å². The normalized spacial score (nSPS) is 12.5. The average molecular weight is 504 g/mol. The number of benzene rings is 2. The maximum absolute atomic E-state index is 14.0. The first-order valence-corrected chi connectivity index (χ1v) is 7.84. The van der Waals surface area contributed by atoms with Gasteiger partial charge in [-0.25, -0.2) is 8.78 Å². The molecule has 1 atom stereocenters. The molecule has 0 saturated heterocycles. The van der Waals surface area contributed by atoms with Crippen LogP contribution in [-0.4, -0.2) is 5.11 Å². The summed E-state index contributed by atoms with van der Waals surface area (Å²) in [6.45, 7) is 0. The van der Waals surface area contributed by atoms with Gasteiger partial charge in [-0.2, -0.15) is 0 Å². The average Bonchev–Trinajstić information content (AvgIpc) is 2.37. The van der Waals surface area contributed by atoms with Gasteiger partial charge < -0.3 is 5.11 Å². The monoisotopic (exact) mass is 502 g/mol. The predicted molar refractivity (Wildman–Crippen MR) is 85.0 cm³/mol. The zero-order valence-corrected chi connectivity index (χ0v) is 14.6.